The quantitative estimate of drug-likeness (QED) is 0.213. The number of benzene rings is 2. The molecule has 0 heterocycles. The third kappa shape index (κ3) is 4.46. The van der Waals surface area contributed by atoms with E-state index in [1.165, 1.54) is 17.1 Å². The van der Waals surface area contributed by atoms with Crippen LogP contribution in [0.25, 0.3) is 0 Å². The number of carbonyl (C=O) groups excluding carboxylic acids is 1. The highest BCUT2D eigenvalue weighted by Crippen LogP contribution is 2.39. The van der Waals surface area contributed by atoms with Crippen LogP contribution < -0.4 is 11.2 Å². The van der Waals surface area contributed by atoms with E-state index < -0.39 is 53.1 Å². The number of carbonyl (C=O) groups is 1. The Hall–Kier alpha value is -3.41. The number of hydrogen-bond acceptors (Lipinski definition) is 10. The predicted molar refractivity (Wildman–Crippen MR) is 95.3 cm³/mol. The van der Waals surface area contributed by atoms with E-state index in [9.17, 15) is 35.4 Å². The van der Waals surface area contributed by atoms with Crippen molar-refractivity contribution in [3.63, 3.8) is 0 Å². The lowest BCUT2D eigenvalue weighted by Crippen LogP contribution is -2.50. The highest BCUT2D eigenvalue weighted by atomic mass is 16.3. The molecule has 0 bridgehead atoms. The largest absolute Gasteiger partial charge is 0.504 e. The third-order valence-electron chi connectivity index (χ3n) is 3.95. The van der Waals surface area contributed by atoms with Crippen molar-refractivity contribution in [2.24, 2.45) is 5.73 Å². The van der Waals surface area contributed by atoms with Crippen molar-refractivity contribution >= 4 is 5.91 Å². The third-order valence-corrected chi connectivity index (χ3v) is 3.95. The van der Waals surface area contributed by atoms with Gasteiger partial charge in [0.25, 0.3) is 5.91 Å². The van der Waals surface area contributed by atoms with Crippen LogP contribution in [0.1, 0.15) is 11.1 Å². The average molecular weight is 395 g/mol. The van der Waals surface area contributed by atoms with Gasteiger partial charge in [0.05, 0.1) is 6.61 Å². The molecule has 10 N–H and O–H groups in total. The first-order chi connectivity index (χ1) is 13.1. The molecule has 0 saturated carbocycles. The minimum Gasteiger partial charge on any atom is -0.504 e. The van der Waals surface area contributed by atoms with E-state index in [1.807, 2.05) is 0 Å². The molecule has 11 heteroatoms. The van der Waals surface area contributed by atoms with Crippen molar-refractivity contribution in [3.8, 4) is 34.5 Å². The molecule has 0 aromatic heterocycles. The first-order valence-corrected chi connectivity index (χ1v) is 8.03. The number of aromatic hydroxyl groups is 6. The van der Waals surface area contributed by atoms with Gasteiger partial charge >= 0.3 is 0 Å². The summed E-state index contributed by atoms with van der Waals surface area (Å²) in [6.07, 6.45) is 0. The van der Waals surface area contributed by atoms with Crippen LogP contribution in [0, 0.1) is 0 Å². The summed E-state index contributed by atoms with van der Waals surface area (Å²) in [5, 5.41) is 68.3. The lowest BCUT2D eigenvalue weighted by Gasteiger charge is -2.25. The number of phenolic OH excluding ortho intramolecular Hbond substituents is 6. The van der Waals surface area contributed by atoms with Gasteiger partial charge < -0.3 is 41.5 Å². The van der Waals surface area contributed by atoms with Gasteiger partial charge in [-0.1, -0.05) is 12.1 Å². The first-order valence-electron chi connectivity index (χ1n) is 8.03. The molecule has 28 heavy (non-hydrogen) atoms. The maximum atomic E-state index is 12.0. The van der Waals surface area contributed by atoms with Gasteiger partial charge in [-0.25, -0.2) is 5.01 Å². The van der Waals surface area contributed by atoms with E-state index in [0.29, 0.717) is 0 Å². The lowest BCUT2D eigenvalue weighted by molar-refractivity contribution is -0.128. The Labute approximate surface area is 159 Å². The number of nitrogens with one attached hydrogen (secondary N) is 1. The molecule has 2 rings (SSSR count). The van der Waals surface area contributed by atoms with E-state index in [4.69, 9.17) is 10.8 Å². The number of phenols is 6. The molecule has 11 nitrogen and oxygen atoms in total. The van der Waals surface area contributed by atoms with Crippen LogP contribution in [0.2, 0.25) is 0 Å². The van der Waals surface area contributed by atoms with Crippen LogP contribution in [0.4, 0.5) is 0 Å². The second-order valence-corrected chi connectivity index (χ2v) is 6.00. The molecule has 0 aliphatic carbocycles. The fourth-order valence-corrected chi connectivity index (χ4v) is 2.34. The molecule has 2 aromatic rings. The molecule has 1 amide bonds. The van der Waals surface area contributed by atoms with Crippen molar-refractivity contribution in [3.05, 3.63) is 35.4 Å². The minimum absolute atomic E-state index is 0.107. The lowest BCUT2D eigenvalue weighted by atomic mass is 10.1. The van der Waals surface area contributed by atoms with Gasteiger partial charge in [0, 0.05) is 24.2 Å². The van der Waals surface area contributed by atoms with Gasteiger partial charge in [-0.2, -0.15) is 0 Å². The van der Waals surface area contributed by atoms with Gasteiger partial charge in [-0.3, -0.25) is 10.2 Å². The Morgan fingerprint density at radius 3 is 1.68 bits per heavy atom. The fourth-order valence-electron chi connectivity index (χ4n) is 2.34. The van der Waals surface area contributed by atoms with Crippen molar-refractivity contribution < 1.29 is 40.5 Å². The Morgan fingerprint density at radius 1 is 0.857 bits per heavy atom. The zero-order valence-electron chi connectivity index (χ0n) is 14.6. The normalized spacial score (nSPS) is 12.1. The summed E-state index contributed by atoms with van der Waals surface area (Å²) in [6.45, 7) is -1.06. The summed E-state index contributed by atoms with van der Waals surface area (Å²) in [6, 6.07) is 3.61. The molecule has 2 aromatic carbocycles. The number of aliphatic hydroxyl groups is 1. The first kappa shape index (κ1) is 20.9. The van der Waals surface area contributed by atoms with Crippen LogP contribution in [-0.2, 0) is 17.9 Å². The van der Waals surface area contributed by atoms with Gasteiger partial charge in [0.1, 0.15) is 6.04 Å². The van der Waals surface area contributed by atoms with E-state index in [-0.39, 0.29) is 24.2 Å². The Balaban J connectivity index is 2.33. The second-order valence-electron chi connectivity index (χ2n) is 6.00. The van der Waals surface area contributed by atoms with E-state index in [2.05, 4.69) is 5.43 Å². The average Bonchev–Trinajstić information content (AvgIpc) is 2.67. The van der Waals surface area contributed by atoms with Crippen LogP contribution in [0.15, 0.2) is 24.3 Å². The van der Waals surface area contributed by atoms with Crippen molar-refractivity contribution in [2.45, 2.75) is 19.1 Å². The number of hydrazine groups is 1. The summed E-state index contributed by atoms with van der Waals surface area (Å²) in [7, 11) is 0. The van der Waals surface area contributed by atoms with Crippen LogP contribution in [0.5, 0.6) is 34.5 Å². The molecule has 152 valence electrons. The van der Waals surface area contributed by atoms with Crippen molar-refractivity contribution in [1.82, 2.24) is 10.4 Å². The molecular weight excluding hydrogens is 374 g/mol. The second kappa shape index (κ2) is 8.52. The highest BCUT2D eigenvalue weighted by molar-refractivity contribution is 5.81. The Kier molecular flexibility index (Phi) is 6.36. The smallest absolute Gasteiger partial charge is 0.253 e. The monoisotopic (exact) mass is 395 g/mol. The highest BCUT2D eigenvalue weighted by Gasteiger charge is 2.21. The van der Waals surface area contributed by atoms with Crippen LogP contribution in [-0.4, -0.2) is 59.3 Å². The molecule has 0 saturated heterocycles. The number of nitrogens with zero attached hydrogens (tertiary/aromatic N) is 1. The summed E-state index contributed by atoms with van der Waals surface area (Å²) in [5.41, 5.74) is 8.07. The number of amides is 1. The summed E-state index contributed by atoms with van der Waals surface area (Å²) in [4.78, 5) is 12.0. The Morgan fingerprint density at radius 2 is 1.29 bits per heavy atom. The number of rotatable bonds is 7. The standard InChI is InChI=1S/C17H21N3O8/c18-10(7-21)17(28)19-20(5-8-1-3-11(22)15(26)13(8)24)6-9-2-4-12(23)16(27)14(9)25/h1-4,10,21-27H,5-7,18H2,(H,19,28)/t10-/m0/s1. The number of nitrogens with two attached hydrogens (primary N) is 1. The van der Waals surface area contributed by atoms with Crippen molar-refractivity contribution in [2.75, 3.05) is 6.61 Å². The number of hydrogen-bond donors (Lipinski definition) is 9. The molecule has 0 aliphatic rings. The topological polar surface area (TPSA) is 200 Å². The fraction of sp³-hybridized carbons (Fsp3) is 0.235. The van der Waals surface area contributed by atoms with Gasteiger partial charge in [-0.15, -0.1) is 0 Å². The zero-order chi connectivity index (χ0) is 21.0. The van der Waals surface area contributed by atoms with Gasteiger partial charge in [0.2, 0.25) is 11.5 Å². The van der Waals surface area contributed by atoms with Crippen LogP contribution >= 0.6 is 0 Å². The van der Waals surface area contributed by atoms with E-state index in [1.54, 1.807) is 0 Å². The predicted octanol–water partition coefficient (Wildman–Crippen LogP) is -0.727. The molecular formula is C17H21N3O8. The molecule has 0 unspecified atom stereocenters. The van der Waals surface area contributed by atoms with Gasteiger partial charge in [0.15, 0.2) is 23.0 Å². The molecule has 0 fully saturated rings. The summed E-state index contributed by atoms with van der Waals surface area (Å²) < 4.78 is 0. The van der Waals surface area contributed by atoms with Crippen LogP contribution in [0.3, 0.4) is 0 Å². The maximum Gasteiger partial charge on any atom is 0.253 e. The van der Waals surface area contributed by atoms with Gasteiger partial charge in [-0.05, 0) is 12.1 Å². The summed E-state index contributed by atoms with van der Waals surface area (Å²) in [5.74, 6) is -4.60. The molecule has 0 radical (unpaired) electrons. The van der Waals surface area contributed by atoms with Crippen molar-refractivity contribution in [1.29, 1.82) is 0 Å². The molecule has 0 spiro atoms. The van der Waals surface area contributed by atoms with E-state index in [0.717, 1.165) is 12.1 Å². The maximum absolute atomic E-state index is 12.0. The summed E-state index contributed by atoms with van der Waals surface area (Å²) >= 11 is 0. The Bertz CT molecular complexity index is 814. The zero-order valence-corrected chi connectivity index (χ0v) is 14.6. The minimum atomic E-state index is -1.24. The molecule has 0 aliphatic heterocycles. The van der Waals surface area contributed by atoms with E-state index >= 15 is 0 Å². The SMILES string of the molecule is N[C@@H](CO)C(=O)NN(Cc1ccc(O)c(O)c1O)Cc1ccc(O)c(O)c1O. The molecule has 1 atom stereocenters. The number of aliphatic hydroxyl groups excluding tert-OH is 1.